The quantitative estimate of drug-likeness (QED) is 0.758. The highest BCUT2D eigenvalue weighted by Gasteiger charge is 2.34. The second kappa shape index (κ2) is 4.27. The molecule has 0 amide bonds. The number of carbonyl (C=O) groups is 1. The van der Waals surface area contributed by atoms with Crippen molar-refractivity contribution in [2.75, 3.05) is 7.11 Å². The smallest absolute Gasteiger partial charge is 0.420 e. The van der Waals surface area contributed by atoms with Crippen molar-refractivity contribution >= 4 is 27.5 Å². The van der Waals surface area contributed by atoms with Gasteiger partial charge in [-0.15, -0.1) is 0 Å². The van der Waals surface area contributed by atoms with Gasteiger partial charge in [0.05, 0.1) is 12.7 Å². The number of rotatable bonds is 1. The Hall–Kier alpha value is -1.57. The zero-order valence-electron chi connectivity index (χ0n) is 8.95. The van der Waals surface area contributed by atoms with Gasteiger partial charge in [-0.1, -0.05) is 0 Å². The summed E-state index contributed by atoms with van der Waals surface area (Å²) in [6.45, 7) is 0. The monoisotopic (exact) mass is 322 g/mol. The van der Waals surface area contributed by atoms with Crippen LogP contribution >= 0.6 is 15.9 Å². The molecule has 8 heteroatoms. The maximum Gasteiger partial charge on any atom is 0.420 e. The lowest BCUT2D eigenvalue weighted by molar-refractivity contribution is -0.136. The number of aromatic nitrogens is 2. The summed E-state index contributed by atoms with van der Waals surface area (Å²) >= 11 is 2.97. The molecule has 0 aliphatic heterocycles. The average Bonchev–Trinajstić information content (AvgIpc) is 2.68. The molecule has 0 radical (unpaired) electrons. The van der Waals surface area contributed by atoms with E-state index in [-0.39, 0.29) is 15.8 Å². The fraction of sp³-hybridized carbons (Fsp3) is 0.200. The molecule has 0 atom stereocenters. The van der Waals surface area contributed by atoms with Crippen LogP contribution in [0.4, 0.5) is 13.2 Å². The molecule has 18 heavy (non-hydrogen) atoms. The summed E-state index contributed by atoms with van der Waals surface area (Å²) in [5.74, 6) is -0.789. The van der Waals surface area contributed by atoms with Crippen LogP contribution in [0.3, 0.4) is 0 Å². The minimum absolute atomic E-state index is 0.180. The van der Waals surface area contributed by atoms with E-state index in [1.807, 2.05) is 0 Å². The molecule has 0 aromatic carbocycles. The van der Waals surface area contributed by atoms with Crippen molar-refractivity contribution in [3.8, 4) is 0 Å². The van der Waals surface area contributed by atoms with Crippen LogP contribution in [-0.2, 0) is 10.9 Å². The van der Waals surface area contributed by atoms with Crippen molar-refractivity contribution in [3.63, 3.8) is 0 Å². The number of esters is 1. The summed E-state index contributed by atoms with van der Waals surface area (Å²) in [7, 11) is 1.13. The first-order valence-corrected chi connectivity index (χ1v) is 5.46. The van der Waals surface area contributed by atoms with Crippen molar-refractivity contribution in [2.45, 2.75) is 6.18 Å². The molecule has 0 fully saturated rings. The van der Waals surface area contributed by atoms with E-state index in [4.69, 9.17) is 0 Å². The highest BCUT2D eigenvalue weighted by atomic mass is 79.9. The second-order valence-electron chi connectivity index (χ2n) is 3.42. The van der Waals surface area contributed by atoms with Crippen LogP contribution in [0.15, 0.2) is 22.9 Å². The van der Waals surface area contributed by atoms with Gasteiger partial charge in [-0.2, -0.15) is 13.2 Å². The van der Waals surface area contributed by atoms with Gasteiger partial charge in [0.15, 0.2) is 5.69 Å². The molecule has 0 unspecified atom stereocenters. The van der Waals surface area contributed by atoms with E-state index >= 15 is 0 Å². The van der Waals surface area contributed by atoms with Gasteiger partial charge in [0.2, 0.25) is 0 Å². The normalized spacial score (nSPS) is 11.8. The highest BCUT2D eigenvalue weighted by molar-refractivity contribution is 9.10. The number of hydrogen-bond donors (Lipinski definition) is 0. The third-order valence-corrected chi connectivity index (χ3v) is 2.65. The predicted molar refractivity (Wildman–Crippen MR) is 59.2 cm³/mol. The Kier molecular flexibility index (Phi) is 3.05. The van der Waals surface area contributed by atoms with Gasteiger partial charge in [-0.3, -0.25) is 0 Å². The molecule has 2 aromatic rings. The first kappa shape index (κ1) is 12.9. The molecular weight excluding hydrogens is 317 g/mol. The molecule has 0 saturated carbocycles. The zero-order chi connectivity index (χ0) is 13.5. The van der Waals surface area contributed by atoms with E-state index in [0.29, 0.717) is 0 Å². The van der Waals surface area contributed by atoms with E-state index < -0.39 is 17.7 Å². The maximum absolute atomic E-state index is 12.8. The molecule has 96 valence electrons. The molecule has 0 N–H and O–H groups in total. The van der Waals surface area contributed by atoms with Gasteiger partial charge in [-0.25, -0.2) is 9.78 Å². The van der Waals surface area contributed by atoms with E-state index in [1.165, 1.54) is 12.4 Å². The molecule has 0 spiro atoms. The number of carbonyl (C=O) groups excluding carboxylic acids is 1. The first-order valence-electron chi connectivity index (χ1n) is 4.66. The molecule has 0 saturated heterocycles. The molecule has 0 aliphatic rings. The molecule has 2 heterocycles. The third kappa shape index (κ3) is 2.20. The molecular formula is C10H6BrF3N2O2. The van der Waals surface area contributed by atoms with E-state index in [0.717, 1.165) is 17.6 Å². The van der Waals surface area contributed by atoms with Gasteiger partial charge < -0.3 is 9.14 Å². The summed E-state index contributed by atoms with van der Waals surface area (Å²) in [6.07, 6.45) is -1.99. The average molecular weight is 323 g/mol. The lowest BCUT2D eigenvalue weighted by Gasteiger charge is -2.08. The highest BCUT2D eigenvalue weighted by Crippen LogP contribution is 2.34. The van der Waals surface area contributed by atoms with Crippen LogP contribution in [-0.4, -0.2) is 22.5 Å². The Balaban J connectivity index is 2.72. The van der Waals surface area contributed by atoms with Crippen molar-refractivity contribution in [3.05, 3.63) is 34.2 Å². The number of halogens is 4. The van der Waals surface area contributed by atoms with Crippen LogP contribution in [0.2, 0.25) is 0 Å². The number of hydrogen-bond acceptors (Lipinski definition) is 3. The minimum atomic E-state index is -4.55. The standard InChI is InChI=1S/C10H6BrF3N2O2/c1-18-9(17)7-4-16-3-5(11)2-6(8(16)15-7)10(12,13)14/h2-4H,1H3. The molecule has 0 aliphatic carbocycles. The van der Waals surface area contributed by atoms with E-state index in [2.05, 4.69) is 25.7 Å². The minimum Gasteiger partial charge on any atom is -0.464 e. The molecule has 4 nitrogen and oxygen atoms in total. The van der Waals surface area contributed by atoms with Crippen molar-refractivity contribution in [1.82, 2.24) is 9.38 Å². The zero-order valence-corrected chi connectivity index (χ0v) is 10.5. The van der Waals surface area contributed by atoms with Crippen LogP contribution in [0.25, 0.3) is 5.65 Å². The number of imidazole rings is 1. The summed E-state index contributed by atoms with van der Waals surface area (Å²) in [5.41, 5.74) is -1.45. The first-order chi connectivity index (χ1) is 8.32. The van der Waals surface area contributed by atoms with Crippen LogP contribution in [0, 0.1) is 0 Å². The fourth-order valence-electron chi connectivity index (χ4n) is 1.48. The van der Waals surface area contributed by atoms with Gasteiger partial charge in [0, 0.05) is 16.9 Å². The number of methoxy groups -OCH3 is 1. The Morgan fingerprint density at radius 3 is 2.67 bits per heavy atom. The molecule has 2 rings (SSSR count). The Morgan fingerprint density at radius 2 is 2.11 bits per heavy atom. The summed E-state index contributed by atoms with van der Waals surface area (Å²) in [4.78, 5) is 14.9. The Bertz CT molecular complexity index is 621. The number of pyridine rings is 1. The third-order valence-electron chi connectivity index (χ3n) is 2.22. The van der Waals surface area contributed by atoms with Gasteiger partial charge >= 0.3 is 12.1 Å². The topological polar surface area (TPSA) is 43.6 Å². The van der Waals surface area contributed by atoms with E-state index in [1.54, 1.807) is 0 Å². The van der Waals surface area contributed by atoms with Gasteiger partial charge in [0.25, 0.3) is 0 Å². The number of ether oxygens (including phenoxy) is 1. The van der Waals surface area contributed by atoms with Crippen LogP contribution < -0.4 is 0 Å². The van der Waals surface area contributed by atoms with Crippen molar-refractivity contribution < 1.29 is 22.7 Å². The summed E-state index contributed by atoms with van der Waals surface area (Å²) in [6, 6.07) is 0.906. The van der Waals surface area contributed by atoms with Crippen LogP contribution in [0.1, 0.15) is 16.1 Å². The SMILES string of the molecule is COC(=O)c1cn2cc(Br)cc(C(F)(F)F)c2n1. The van der Waals surface area contributed by atoms with Gasteiger partial charge in [0.1, 0.15) is 5.65 Å². The number of nitrogens with zero attached hydrogens (tertiary/aromatic N) is 2. The van der Waals surface area contributed by atoms with Crippen molar-refractivity contribution in [2.24, 2.45) is 0 Å². The summed E-state index contributed by atoms with van der Waals surface area (Å²) < 4.78 is 44.2. The maximum atomic E-state index is 12.8. The Morgan fingerprint density at radius 1 is 1.44 bits per heavy atom. The molecule has 0 bridgehead atoms. The Labute approximate surface area is 108 Å². The van der Waals surface area contributed by atoms with Crippen LogP contribution in [0.5, 0.6) is 0 Å². The lowest BCUT2D eigenvalue weighted by Crippen LogP contribution is -2.08. The number of fused-ring (bicyclic) bond motifs is 1. The number of alkyl halides is 3. The molecule has 2 aromatic heterocycles. The largest absolute Gasteiger partial charge is 0.464 e. The van der Waals surface area contributed by atoms with E-state index in [9.17, 15) is 18.0 Å². The second-order valence-corrected chi connectivity index (χ2v) is 4.33. The predicted octanol–water partition coefficient (Wildman–Crippen LogP) is 2.90. The fourth-order valence-corrected chi connectivity index (χ4v) is 1.92. The van der Waals surface area contributed by atoms with Gasteiger partial charge in [-0.05, 0) is 22.0 Å². The summed E-state index contributed by atoms with van der Waals surface area (Å²) in [5, 5.41) is 0. The lowest BCUT2D eigenvalue weighted by atomic mass is 10.2. The van der Waals surface area contributed by atoms with Crippen molar-refractivity contribution in [1.29, 1.82) is 0 Å².